The van der Waals surface area contributed by atoms with Crippen molar-refractivity contribution in [1.29, 1.82) is 0 Å². The van der Waals surface area contributed by atoms with E-state index in [4.69, 9.17) is 14.9 Å². The first-order chi connectivity index (χ1) is 8.45. The van der Waals surface area contributed by atoms with Crippen LogP contribution in [0, 0.1) is 0 Å². The Labute approximate surface area is 121 Å². The molecule has 0 radical (unpaired) electrons. The maximum Gasteiger partial charge on any atom is 0.0662 e. The molecule has 0 aromatic rings. The van der Waals surface area contributed by atoms with E-state index in [-0.39, 0.29) is 24.4 Å². The lowest BCUT2D eigenvalue weighted by atomic mass is 10.1. The molecule has 0 saturated heterocycles. The van der Waals surface area contributed by atoms with Crippen LogP contribution < -0.4 is 0 Å². The topological polar surface area (TPSA) is 49.7 Å². The van der Waals surface area contributed by atoms with Crippen molar-refractivity contribution in [3.8, 4) is 0 Å². The largest absolute Gasteiger partial charge is 0.394 e. The Kier molecular flexibility index (Phi) is 24.5. The second kappa shape index (κ2) is 17.4. The minimum absolute atomic E-state index is 0.0156. The van der Waals surface area contributed by atoms with E-state index in [1.165, 1.54) is 0 Å². The van der Waals surface area contributed by atoms with Gasteiger partial charge in [0, 0.05) is 0 Å². The highest BCUT2D eigenvalue weighted by atomic mass is 16.5. The number of allylic oxidation sites excluding steroid dienone is 2. The van der Waals surface area contributed by atoms with Crippen molar-refractivity contribution in [2.24, 2.45) is 0 Å². The second-order valence-electron chi connectivity index (χ2n) is 5.59. The molecule has 0 saturated carbocycles. The van der Waals surface area contributed by atoms with Gasteiger partial charge in [0.25, 0.3) is 0 Å². The maximum atomic E-state index is 7.62. The highest BCUT2D eigenvalue weighted by molar-refractivity contribution is 4.68. The third kappa shape index (κ3) is 101. The Morgan fingerprint density at radius 3 is 0.947 bits per heavy atom. The molecule has 0 fully saturated rings. The molecule has 0 rings (SSSR count). The van der Waals surface area contributed by atoms with Crippen molar-refractivity contribution in [3.05, 3.63) is 25.3 Å². The summed E-state index contributed by atoms with van der Waals surface area (Å²) in [6.07, 6.45) is 3.50. The van der Waals surface area contributed by atoms with Crippen LogP contribution in [-0.4, -0.2) is 34.6 Å². The van der Waals surface area contributed by atoms with Gasteiger partial charge in [-0.05, 0) is 55.4 Å². The summed E-state index contributed by atoms with van der Waals surface area (Å²) in [5, 5.41) is 15.2. The van der Waals surface area contributed by atoms with Crippen LogP contribution in [0.15, 0.2) is 25.3 Å². The van der Waals surface area contributed by atoms with Gasteiger partial charge < -0.3 is 14.9 Å². The molecule has 3 nitrogen and oxygen atoms in total. The van der Waals surface area contributed by atoms with Crippen LogP contribution in [0.4, 0.5) is 0 Å². The minimum atomic E-state index is -0.125. The first kappa shape index (κ1) is 26.8. The molecule has 0 aliphatic heterocycles. The van der Waals surface area contributed by atoms with Crippen LogP contribution in [-0.2, 0) is 4.74 Å². The molecule has 0 heterocycles. The van der Waals surface area contributed by atoms with Crippen molar-refractivity contribution in [3.63, 3.8) is 0 Å². The van der Waals surface area contributed by atoms with Crippen LogP contribution in [0.1, 0.15) is 55.4 Å². The summed E-state index contributed by atoms with van der Waals surface area (Å²) in [7, 11) is 0. The third-order valence-corrected chi connectivity index (χ3v) is 0.712. The van der Waals surface area contributed by atoms with Crippen molar-refractivity contribution in [2.75, 3.05) is 13.2 Å². The Bertz CT molecular complexity index is 153. The molecule has 0 aromatic heterocycles. The molecule has 3 heteroatoms. The molecule has 0 spiro atoms. The van der Waals surface area contributed by atoms with Gasteiger partial charge in [-0.15, -0.1) is 13.2 Å². The molecular weight excluding hydrogens is 240 g/mol. The first-order valence-corrected chi connectivity index (χ1v) is 6.51. The van der Waals surface area contributed by atoms with Gasteiger partial charge in [0.2, 0.25) is 0 Å². The van der Waals surface area contributed by atoms with Gasteiger partial charge >= 0.3 is 0 Å². The number of aliphatic hydroxyl groups excluding tert-OH is 2. The van der Waals surface area contributed by atoms with E-state index in [1.807, 2.05) is 13.8 Å². The number of hydrogen-bond donors (Lipinski definition) is 2. The fourth-order valence-corrected chi connectivity index (χ4v) is 0.919. The van der Waals surface area contributed by atoms with E-state index in [0.717, 1.165) is 0 Å². The SMILES string of the molecule is C=CC.C=CC.CC(C)(C)OC(C)(C)C.OCCO. The van der Waals surface area contributed by atoms with E-state index in [2.05, 4.69) is 54.7 Å². The molecule has 0 atom stereocenters. The zero-order valence-corrected chi connectivity index (χ0v) is 14.3. The van der Waals surface area contributed by atoms with Crippen LogP contribution >= 0.6 is 0 Å². The number of ether oxygens (including phenoxy) is 1. The molecular formula is C16H36O3. The van der Waals surface area contributed by atoms with Gasteiger partial charge in [-0.25, -0.2) is 0 Å². The lowest BCUT2D eigenvalue weighted by Gasteiger charge is -2.30. The summed E-state index contributed by atoms with van der Waals surface area (Å²) in [6, 6.07) is 0. The van der Waals surface area contributed by atoms with E-state index >= 15 is 0 Å². The van der Waals surface area contributed by atoms with Crippen molar-refractivity contribution in [1.82, 2.24) is 0 Å². The molecule has 0 amide bonds. The molecule has 2 N–H and O–H groups in total. The van der Waals surface area contributed by atoms with Crippen LogP contribution in [0.2, 0.25) is 0 Å². The van der Waals surface area contributed by atoms with Gasteiger partial charge in [0.1, 0.15) is 0 Å². The second-order valence-corrected chi connectivity index (χ2v) is 5.59. The smallest absolute Gasteiger partial charge is 0.0662 e. The van der Waals surface area contributed by atoms with Gasteiger partial charge in [-0.3, -0.25) is 0 Å². The van der Waals surface area contributed by atoms with Crippen LogP contribution in [0.5, 0.6) is 0 Å². The number of rotatable bonds is 1. The zero-order chi connectivity index (χ0) is 16.5. The van der Waals surface area contributed by atoms with E-state index in [0.29, 0.717) is 0 Å². The molecule has 0 unspecified atom stereocenters. The number of hydrogen-bond acceptors (Lipinski definition) is 3. The van der Waals surface area contributed by atoms with Gasteiger partial charge in [0.15, 0.2) is 0 Å². The Morgan fingerprint density at radius 2 is 0.947 bits per heavy atom. The summed E-state index contributed by atoms with van der Waals surface area (Å²) in [4.78, 5) is 0. The number of aliphatic hydroxyl groups is 2. The van der Waals surface area contributed by atoms with Crippen molar-refractivity contribution in [2.45, 2.75) is 66.6 Å². The summed E-state index contributed by atoms with van der Waals surface area (Å²) in [5.41, 5.74) is -0.0312. The predicted molar refractivity (Wildman–Crippen MR) is 86.5 cm³/mol. The monoisotopic (exact) mass is 276 g/mol. The van der Waals surface area contributed by atoms with Crippen molar-refractivity contribution < 1.29 is 14.9 Å². The average molecular weight is 276 g/mol. The maximum absolute atomic E-state index is 7.62. The molecule has 0 aliphatic rings. The first-order valence-electron chi connectivity index (χ1n) is 6.51. The molecule has 118 valence electrons. The zero-order valence-electron chi connectivity index (χ0n) is 14.3. The molecule has 0 aromatic carbocycles. The molecule has 0 bridgehead atoms. The fraction of sp³-hybridized carbons (Fsp3) is 0.750. The van der Waals surface area contributed by atoms with Gasteiger partial charge in [-0.2, -0.15) is 0 Å². The highest BCUT2D eigenvalue weighted by Crippen LogP contribution is 2.17. The lowest BCUT2D eigenvalue weighted by Crippen LogP contribution is -2.31. The normalized spacial score (nSPS) is 9.58. The lowest BCUT2D eigenvalue weighted by molar-refractivity contribution is -0.102. The quantitative estimate of drug-likeness (QED) is 0.713. The minimum Gasteiger partial charge on any atom is -0.394 e. The van der Waals surface area contributed by atoms with Crippen LogP contribution in [0.25, 0.3) is 0 Å². The van der Waals surface area contributed by atoms with Gasteiger partial charge in [0.05, 0.1) is 24.4 Å². The van der Waals surface area contributed by atoms with Crippen LogP contribution in [0.3, 0.4) is 0 Å². The van der Waals surface area contributed by atoms with E-state index in [1.54, 1.807) is 12.2 Å². The fourth-order valence-electron chi connectivity index (χ4n) is 0.919. The summed E-state index contributed by atoms with van der Waals surface area (Å²) >= 11 is 0. The van der Waals surface area contributed by atoms with E-state index < -0.39 is 0 Å². The highest BCUT2D eigenvalue weighted by Gasteiger charge is 2.19. The predicted octanol–water partition coefficient (Wildman–Crippen LogP) is 3.96. The third-order valence-electron chi connectivity index (χ3n) is 0.712. The average Bonchev–Trinajstić information content (AvgIpc) is 2.15. The Hall–Kier alpha value is -0.640. The van der Waals surface area contributed by atoms with Crippen molar-refractivity contribution >= 4 is 0 Å². The van der Waals surface area contributed by atoms with E-state index in [9.17, 15) is 0 Å². The standard InChI is InChI=1S/C8H18O.2C3H6.C2H6O2/c1-7(2,3)9-8(4,5)6;2*1-3-2;3-1-2-4/h1-6H3;2*3H,1H2,2H3;3-4H,1-2H2. The summed E-state index contributed by atoms with van der Waals surface area (Å²) in [6.45, 7) is 22.7. The Morgan fingerprint density at radius 1 is 0.789 bits per heavy atom. The Balaban J connectivity index is -0.0000000937. The summed E-state index contributed by atoms with van der Waals surface area (Å²) in [5.74, 6) is 0. The van der Waals surface area contributed by atoms with Gasteiger partial charge in [-0.1, -0.05) is 12.2 Å². The molecule has 19 heavy (non-hydrogen) atoms. The molecule has 0 aliphatic carbocycles. The summed E-state index contributed by atoms with van der Waals surface area (Å²) < 4.78 is 5.62.